The van der Waals surface area contributed by atoms with Crippen LogP contribution in [0.3, 0.4) is 0 Å². The first-order valence-corrected chi connectivity index (χ1v) is 8.61. The molecule has 0 amide bonds. The molecule has 1 aromatic rings. The van der Waals surface area contributed by atoms with Crippen molar-refractivity contribution in [2.75, 3.05) is 24.0 Å². The number of hydrogen-bond donors (Lipinski definition) is 0. The van der Waals surface area contributed by atoms with Gasteiger partial charge in [0, 0.05) is 30.2 Å². The fourth-order valence-electron chi connectivity index (χ4n) is 1.99. The minimum absolute atomic E-state index is 0.180. The summed E-state index contributed by atoms with van der Waals surface area (Å²) in [6.07, 6.45) is 3.02. The van der Waals surface area contributed by atoms with Gasteiger partial charge < -0.3 is 4.90 Å². The average Bonchev–Trinajstić information content (AvgIpc) is 2.43. The standard InChI is InChI=1S/C13H19BrN2O2S/c1-4-11(9-19-3)15(2)12-6-5-10(8-14)7-13(12)16(17)18/h5-7,11H,4,8-9H2,1-3H3. The summed E-state index contributed by atoms with van der Waals surface area (Å²) in [6, 6.07) is 5.73. The number of halogens is 1. The Balaban J connectivity index is 3.13. The van der Waals surface area contributed by atoms with Crippen LogP contribution in [0.4, 0.5) is 11.4 Å². The zero-order chi connectivity index (χ0) is 14.4. The quantitative estimate of drug-likeness (QED) is 0.424. The van der Waals surface area contributed by atoms with Gasteiger partial charge in [0.05, 0.1) is 4.92 Å². The second kappa shape index (κ2) is 7.75. The number of benzene rings is 1. The number of rotatable bonds is 7. The van der Waals surface area contributed by atoms with Crippen molar-refractivity contribution in [3.8, 4) is 0 Å². The summed E-state index contributed by atoms with van der Waals surface area (Å²) in [7, 11) is 1.93. The summed E-state index contributed by atoms with van der Waals surface area (Å²) in [5.41, 5.74) is 1.79. The molecule has 0 radical (unpaired) electrons. The van der Waals surface area contributed by atoms with Crippen LogP contribution in [0.25, 0.3) is 0 Å². The molecule has 0 saturated carbocycles. The third kappa shape index (κ3) is 4.11. The van der Waals surface area contributed by atoms with Gasteiger partial charge in [-0.2, -0.15) is 11.8 Å². The Kier molecular flexibility index (Phi) is 6.65. The smallest absolute Gasteiger partial charge is 0.292 e. The maximum atomic E-state index is 11.2. The summed E-state index contributed by atoms with van der Waals surface area (Å²) < 4.78 is 0. The minimum atomic E-state index is -0.302. The van der Waals surface area contributed by atoms with Crippen LogP contribution in [-0.4, -0.2) is 30.0 Å². The minimum Gasteiger partial charge on any atom is -0.365 e. The van der Waals surface area contributed by atoms with Crippen LogP contribution in [-0.2, 0) is 5.33 Å². The molecule has 1 rings (SSSR count). The first-order chi connectivity index (χ1) is 9.04. The van der Waals surface area contributed by atoms with Crippen LogP contribution in [0.15, 0.2) is 18.2 Å². The van der Waals surface area contributed by atoms with Crippen molar-refractivity contribution in [1.29, 1.82) is 0 Å². The summed E-state index contributed by atoms with van der Waals surface area (Å²) in [6.45, 7) is 2.11. The third-order valence-electron chi connectivity index (χ3n) is 3.15. The number of thioether (sulfide) groups is 1. The SMILES string of the molecule is CCC(CSC)N(C)c1ccc(CBr)cc1[N+](=O)[O-]. The number of nitro groups is 1. The second-order valence-electron chi connectivity index (χ2n) is 4.34. The molecule has 0 aliphatic carbocycles. The van der Waals surface area contributed by atoms with Crippen molar-refractivity contribution in [1.82, 2.24) is 0 Å². The van der Waals surface area contributed by atoms with Gasteiger partial charge in [-0.25, -0.2) is 0 Å². The molecule has 19 heavy (non-hydrogen) atoms. The van der Waals surface area contributed by atoms with Gasteiger partial charge in [0.15, 0.2) is 0 Å². The van der Waals surface area contributed by atoms with Crippen molar-refractivity contribution in [2.24, 2.45) is 0 Å². The molecule has 1 aromatic carbocycles. The van der Waals surface area contributed by atoms with E-state index in [2.05, 4.69) is 29.1 Å². The van der Waals surface area contributed by atoms with Crippen LogP contribution in [0.2, 0.25) is 0 Å². The topological polar surface area (TPSA) is 46.4 Å². The molecular formula is C13H19BrN2O2S. The highest BCUT2D eigenvalue weighted by Gasteiger charge is 2.22. The lowest BCUT2D eigenvalue weighted by Crippen LogP contribution is -2.33. The first-order valence-electron chi connectivity index (χ1n) is 6.10. The van der Waals surface area contributed by atoms with E-state index in [9.17, 15) is 10.1 Å². The summed E-state index contributed by atoms with van der Waals surface area (Å²) in [5.74, 6) is 0.963. The molecule has 0 saturated heterocycles. The van der Waals surface area contributed by atoms with E-state index in [0.29, 0.717) is 17.1 Å². The van der Waals surface area contributed by atoms with Crippen LogP contribution in [0.5, 0.6) is 0 Å². The van der Waals surface area contributed by atoms with Gasteiger partial charge in [-0.3, -0.25) is 10.1 Å². The molecule has 0 N–H and O–H groups in total. The van der Waals surface area contributed by atoms with Crippen LogP contribution in [0, 0.1) is 10.1 Å². The van der Waals surface area contributed by atoms with E-state index >= 15 is 0 Å². The Bertz CT molecular complexity index is 443. The van der Waals surface area contributed by atoms with Crippen molar-refractivity contribution >= 4 is 39.1 Å². The highest BCUT2D eigenvalue weighted by Crippen LogP contribution is 2.31. The summed E-state index contributed by atoms with van der Waals surface area (Å²) in [4.78, 5) is 12.9. The Morgan fingerprint density at radius 1 is 1.53 bits per heavy atom. The van der Waals surface area contributed by atoms with Crippen LogP contribution >= 0.6 is 27.7 Å². The summed E-state index contributed by atoms with van der Waals surface area (Å²) >= 11 is 5.09. The van der Waals surface area contributed by atoms with Crippen LogP contribution in [0.1, 0.15) is 18.9 Å². The zero-order valence-electron chi connectivity index (χ0n) is 11.4. The molecular weight excluding hydrogens is 328 g/mol. The van der Waals surface area contributed by atoms with E-state index in [1.54, 1.807) is 17.8 Å². The molecule has 0 spiro atoms. The normalized spacial score (nSPS) is 12.2. The third-order valence-corrected chi connectivity index (χ3v) is 4.51. The van der Waals surface area contributed by atoms with Gasteiger partial charge in [-0.1, -0.05) is 28.9 Å². The molecule has 106 valence electrons. The van der Waals surface area contributed by atoms with Gasteiger partial charge in [-0.05, 0) is 24.3 Å². The van der Waals surface area contributed by atoms with E-state index in [-0.39, 0.29) is 10.6 Å². The first kappa shape index (κ1) is 16.3. The van der Waals surface area contributed by atoms with E-state index in [4.69, 9.17) is 0 Å². The van der Waals surface area contributed by atoms with Crippen molar-refractivity contribution in [2.45, 2.75) is 24.7 Å². The zero-order valence-corrected chi connectivity index (χ0v) is 13.8. The Morgan fingerprint density at radius 3 is 2.68 bits per heavy atom. The van der Waals surface area contributed by atoms with E-state index in [1.807, 2.05) is 24.1 Å². The van der Waals surface area contributed by atoms with Gasteiger partial charge in [0.25, 0.3) is 5.69 Å². The molecule has 0 aromatic heterocycles. The lowest BCUT2D eigenvalue weighted by molar-refractivity contribution is -0.384. The highest BCUT2D eigenvalue weighted by molar-refractivity contribution is 9.08. The Morgan fingerprint density at radius 2 is 2.21 bits per heavy atom. The maximum Gasteiger partial charge on any atom is 0.292 e. The highest BCUT2D eigenvalue weighted by atomic mass is 79.9. The number of nitrogens with zero attached hydrogens (tertiary/aromatic N) is 2. The molecule has 1 atom stereocenters. The number of nitro benzene ring substituents is 1. The van der Waals surface area contributed by atoms with Gasteiger partial charge in [0.1, 0.15) is 5.69 Å². The molecule has 6 heteroatoms. The molecule has 4 nitrogen and oxygen atoms in total. The second-order valence-corrected chi connectivity index (χ2v) is 5.81. The molecule has 0 aliphatic rings. The predicted molar refractivity (Wildman–Crippen MR) is 86.6 cm³/mol. The predicted octanol–water partition coefficient (Wildman–Crippen LogP) is 4.07. The molecule has 0 bridgehead atoms. The van der Waals surface area contributed by atoms with E-state index in [1.165, 1.54) is 0 Å². The monoisotopic (exact) mass is 346 g/mol. The number of hydrogen-bond acceptors (Lipinski definition) is 4. The molecule has 0 heterocycles. The van der Waals surface area contributed by atoms with Crippen LogP contribution < -0.4 is 4.90 Å². The van der Waals surface area contributed by atoms with Gasteiger partial charge in [-0.15, -0.1) is 0 Å². The fourth-order valence-corrected chi connectivity index (χ4v) is 3.18. The van der Waals surface area contributed by atoms with Crippen molar-refractivity contribution in [3.05, 3.63) is 33.9 Å². The Hall–Kier alpha value is -0.750. The number of alkyl halides is 1. The van der Waals surface area contributed by atoms with E-state index in [0.717, 1.165) is 17.7 Å². The Labute approximate surface area is 126 Å². The molecule has 0 fully saturated rings. The molecule has 0 aliphatic heterocycles. The van der Waals surface area contributed by atoms with Crippen molar-refractivity contribution < 1.29 is 4.92 Å². The van der Waals surface area contributed by atoms with Gasteiger partial charge in [0.2, 0.25) is 0 Å². The lowest BCUT2D eigenvalue weighted by atomic mass is 10.1. The van der Waals surface area contributed by atoms with Gasteiger partial charge >= 0.3 is 0 Å². The van der Waals surface area contributed by atoms with E-state index < -0.39 is 0 Å². The number of anilines is 1. The van der Waals surface area contributed by atoms with Crippen molar-refractivity contribution in [3.63, 3.8) is 0 Å². The average molecular weight is 347 g/mol. The summed E-state index contributed by atoms with van der Waals surface area (Å²) in [5, 5.41) is 11.8. The largest absolute Gasteiger partial charge is 0.365 e. The maximum absolute atomic E-state index is 11.2. The lowest BCUT2D eigenvalue weighted by Gasteiger charge is -2.28. The molecule has 1 unspecified atom stereocenters. The fraction of sp³-hybridized carbons (Fsp3) is 0.538.